The maximum Gasteiger partial charge on any atom is 0.338 e. The first-order valence-electron chi connectivity index (χ1n) is 6.37. The van der Waals surface area contributed by atoms with Crippen molar-refractivity contribution in [3.8, 4) is 0 Å². The van der Waals surface area contributed by atoms with E-state index in [0.717, 1.165) is 0 Å². The number of benzene rings is 1. The molecule has 110 valence electrons. The molecule has 2 rings (SSSR count). The molecule has 6 heteroatoms. The Kier molecular flexibility index (Phi) is 4.80. The molecule has 1 atom stereocenters. The number of carbonyl (C=O) groups is 3. The second-order valence-corrected chi connectivity index (χ2v) is 5.67. The van der Waals surface area contributed by atoms with Crippen LogP contribution < -0.4 is 0 Å². The van der Waals surface area contributed by atoms with Crippen molar-refractivity contribution in [2.75, 3.05) is 13.7 Å². The van der Waals surface area contributed by atoms with Crippen molar-refractivity contribution in [3.63, 3.8) is 0 Å². The number of thioether (sulfide) groups is 1. The van der Waals surface area contributed by atoms with E-state index in [9.17, 15) is 14.4 Å². The van der Waals surface area contributed by atoms with Crippen molar-refractivity contribution in [3.05, 3.63) is 42.5 Å². The molecule has 0 spiro atoms. The summed E-state index contributed by atoms with van der Waals surface area (Å²) in [5, 5.41) is -0.511. The fraction of sp³-hybridized carbons (Fsp3) is 0.267. The van der Waals surface area contributed by atoms with Crippen LogP contribution in [0.1, 0.15) is 16.8 Å². The van der Waals surface area contributed by atoms with Crippen LogP contribution in [0.3, 0.4) is 0 Å². The summed E-state index contributed by atoms with van der Waals surface area (Å²) in [6, 6.07) is 6.88. The van der Waals surface area contributed by atoms with Gasteiger partial charge in [0.2, 0.25) is 11.8 Å². The summed E-state index contributed by atoms with van der Waals surface area (Å²) in [7, 11) is 1.31. The number of hydrogen-bond acceptors (Lipinski definition) is 5. The minimum atomic E-state index is -0.511. The van der Waals surface area contributed by atoms with E-state index in [1.54, 1.807) is 24.3 Å². The maximum atomic E-state index is 12.2. The van der Waals surface area contributed by atoms with Gasteiger partial charge in [-0.1, -0.05) is 18.2 Å². The molecular formula is C15H15NO4S. The Morgan fingerprint density at radius 2 is 2.19 bits per heavy atom. The highest BCUT2D eigenvalue weighted by Crippen LogP contribution is 2.33. The van der Waals surface area contributed by atoms with Crippen LogP contribution in [0.25, 0.3) is 0 Å². The zero-order valence-corrected chi connectivity index (χ0v) is 12.4. The van der Waals surface area contributed by atoms with Crippen molar-refractivity contribution in [2.45, 2.75) is 16.6 Å². The number of likely N-dealkylation sites (tertiary alicyclic amines) is 1. The summed E-state index contributed by atoms with van der Waals surface area (Å²) in [6.45, 7) is 3.75. The number of methoxy groups -OCH3 is 1. The predicted octanol–water partition coefficient (Wildman–Crippen LogP) is 1.88. The average Bonchev–Trinajstić information content (AvgIpc) is 2.75. The zero-order chi connectivity index (χ0) is 15.4. The van der Waals surface area contributed by atoms with E-state index in [-0.39, 0.29) is 24.8 Å². The smallest absolute Gasteiger partial charge is 0.338 e. The zero-order valence-electron chi connectivity index (χ0n) is 11.6. The van der Waals surface area contributed by atoms with Gasteiger partial charge in [0, 0.05) is 17.9 Å². The minimum Gasteiger partial charge on any atom is -0.465 e. The minimum absolute atomic E-state index is 0.132. The van der Waals surface area contributed by atoms with Crippen molar-refractivity contribution in [1.82, 2.24) is 4.90 Å². The van der Waals surface area contributed by atoms with Gasteiger partial charge in [-0.2, -0.15) is 0 Å². The highest BCUT2D eigenvalue weighted by atomic mass is 32.2. The van der Waals surface area contributed by atoms with Gasteiger partial charge < -0.3 is 4.74 Å². The van der Waals surface area contributed by atoms with E-state index in [2.05, 4.69) is 6.58 Å². The Labute approximate surface area is 127 Å². The molecule has 21 heavy (non-hydrogen) atoms. The fourth-order valence-electron chi connectivity index (χ4n) is 2.07. The summed E-state index contributed by atoms with van der Waals surface area (Å²) in [5.74, 6) is -0.921. The number of amides is 2. The van der Waals surface area contributed by atoms with Crippen molar-refractivity contribution < 1.29 is 19.1 Å². The van der Waals surface area contributed by atoms with Crippen molar-refractivity contribution in [2.24, 2.45) is 0 Å². The molecule has 0 N–H and O–H groups in total. The topological polar surface area (TPSA) is 63.7 Å². The Morgan fingerprint density at radius 1 is 1.48 bits per heavy atom. The van der Waals surface area contributed by atoms with Crippen molar-refractivity contribution >= 4 is 29.5 Å². The van der Waals surface area contributed by atoms with Gasteiger partial charge in [0.25, 0.3) is 0 Å². The molecule has 1 aromatic carbocycles. The molecule has 1 saturated heterocycles. The van der Waals surface area contributed by atoms with Gasteiger partial charge >= 0.3 is 5.97 Å². The molecule has 1 heterocycles. The van der Waals surface area contributed by atoms with E-state index in [0.29, 0.717) is 10.5 Å². The molecule has 1 aromatic rings. The van der Waals surface area contributed by atoms with Crippen molar-refractivity contribution in [1.29, 1.82) is 0 Å². The van der Waals surface area contributed by atoms with E-state index in [4.69, 9.17) is 4.74 Å². The summed E-state index contributed by atoms with van der Waals surface area (Å²) in [5.41, 5.74) is 0.396. The van der Waals surface area contributed by atoms with E-state index < -0.39 is 11.2 Å². The first-order valence-corrected chi connectivity index (χ1v) is 7.25. The lowest BCUT2D eigenvalue weighted by molar-refractivity contribution is -0.137. The summed E-state index contributed by atoms with van der Waals surface area (Å²) in [4.78, 5) is 37.5. The quantitative estimate of drug-likeness (QED) is 0.472. The first-order chi connectivity index (χ1) is 10.1. The van der Waals surface area contributed by atoms with Crippen LogP contribution >= 0.6 is 11.8 Å². The number of esters is 1. The van der Waals surface area contributed by atoms with Crippen LogP contribution in [-0.4, -0.2) is 41.6 Å². The number of rotatable bonds is 5. The van der Waals surface area contributed by atoms with Crippen LogP contribution in [0.5, 0.6) is 0 Å². The van der Waals surface area contributed by atoms with Crippen LogP contribution in [0.15, 0.2) is 41.8 Å². The molecule has 0 saturated carbocycles. The number of carbonyl (C=O) groups excluding carboxylic acids is 3. The normalized spacial score (nSPS) is 18.0. The second-order valence-electron chi connectivity index (χ2n) is 4.43. The highest BCUT2D eigenvalue weighted by molar-refractivity contribution is 8.00. The van der Waals surface area contributed by atoms with Gasteiger partial charge in [-0.25, -0.2) is 4.79 Å². The molecule has 0 radical (unpaired) electrons. The SMILES string of the molecule is C=CCN1C(=O)C[C@@H](Sc2ccccc2C(=O)OC)C1=O. The molecule has 1 aliphatic rings. The molecule has 0 bridgehead atoms. The van der Waals surface area contributed by atoms with Gasteiger partial charge in [0.05, 0.1) is 17.9 Å². The van der Waals surface area contributed by atoms with Gasteiger partial charge in [-0.05, 0) is 12.1 Å². The molecule has 2 amide bonds. The lowest BCUT2D eigenvalue weighted by atomic mass is 10.2. The Balaban J connectivity index is 2.20. The lowest BCUT2D eigenvalue weighted by Gasteiger charge is -2.13. The third-order valence-corrected chi connectivity index (χ3v) is 4.34. The van der Waals surface area contributed by atoms with Gasteiger partial charge in [0.1, 0.15) is 0 Å². The third kappa shape index (κ3) is 3.16. The van der Waals surface area contributed by atoms with Crippen LogP contribution in [0.4, 0.5) is 0 Å². The number of imide groups is 1. The number of nitrogens with zero attached hydrogens (tertiary/aromatic N) is 1. The maximum absolute atomic E-state index is 12.2. The number of hydrogen-bond donors (Lipinski definition) is 0. The van der Waals surface area contributed by atoms with E-state index in [1.807, 2.05) is 0 Å². The van der Waals surface area contributed by atoms with E-state index >= 15 is 0 Å². The number of ether oxygens (including phenoxy) is 1. The summed E-state index contributed by atoms with van der Waals surface area (Å²) < 4.78 is 4.72. The highest BCUT2D eigenvalue weighted by Gasteiger charge is 2.38. The molecule has 1 fully saturated rings. The fourth-order valence-corrected chi connectivity index (χ4v) is 3.26. The monoisotopic (exact) mass is 305 g/mol. The molecule has 5 nitrogen and oxygen atoms in total. The van der Waals surface area contributed by atoms with Gasteiger partial charge in [-0.3, -0.25) is 14.5 Å². The first kappa shape index (κ1) is 15.3. The van der Waals surface area contributed by atoms with E-state index in [1.165, 1.54) is 29.8 Å². The Hall–Kier alpha value is -2.08. The molecule has 1 aliphatic heterocycles. The standard InChI is InChI=1S/C15H15NO4S/c1-3-8-16-13(17)9-12(14(16)18)21-11-7-5-4-6-10(11)15(19)20-2/h3-7,12H,1,8-9H2,2H3/t12-/m1/s1. The third-order valence-electron chi connectivity index (χ3n) is 3.08. The molecule has 0 aromatic heterocycles. The molecular weight excluding hydrogens is 290 g/mol. The van der Waals surface area contributed by atoms with Crippen LogP contribution in [-0.2, 0) is 14.3 Å². The Morgan fingerprint density at radius 3 is 2.86 bits per heavy atom. The molecule has 0 aliphatic carbocycles. The Bertz CT molecular complexity index is 599. The largest absolute Gasteiger partial charge is 0.465 e. The lowest BCUT2D eigenvalue weighted by Crippen LogP contribution is -2.31. The van der Waals surface area contributed by atoms with Crippen LogP contribution in [0, 0.1) is 0 Å². The summed E-state index contributed by atoms with van der Waals surface area (Å²) in [6.07, 6.45) is 1.65. The second kappa shape index (κ2) is 6.58. The predicted molar refractivity (Wildman–Crippen MR) is 79.0 cm³/mol. The average molecular weight is 305 g/mol. The van der Waals surface area contributed by atoms with Gasteiger partial charge in [-0.15, -0.1) is 18.3 Å². The molecule has 0 unspecified atom stereocenters. The van der Waals surface area contributed by atoms with Gasteiger partial charge in [0.15, 0.2) is 0 Å². The van der Waals surface area contributed by atoms with Crippen LogP contribution in [0.2, 0.25) is 0 Å². The summed E-state index contributed by atoms with van der Waals surface area (Å²) >= 11 is 1.22.